The molecule has 3 aromatic rings. The summed E-state index contributed by atoms with van der Waals surface area (Å²) in [5, 5.41) is 3.34. The SMILES string of the molecule is O=C(c1nc2ccccc2[nH]1)N1CC(Oc2nccnc2C2=CCCNC2)C1. The van der Waals surface area contributed by atoms with Crippen molar-refractivity contribution in [3.8, 4) is 5.88 Å². The Morgan fingerprint density at radius 1 is 1.18 bits per heavy atom. The minimum absolute atomic E-state index is 0.0964. The number of aromatic amines is 1. The number of nitrogens with one attached hydrogen (secondary N) is 2. The average Bonchev–Trinajstić information content (AvgIpc) is 3.15. The standard InChI is InChI=1S/C20H20N6O2/c27-20(18-24-15-5-1-2-6-16(15)25-18)26-11-14(12-26)28-19-17(22-8-9-23-19)13-4-3-7-21-10-13/h1-2,4-6,8-9,14,21H,3,7,10-12H2,(H,24,25). The van der Waals surface area contributed by atoms with E-state index < -0.39 is 0 Å². The number of H-pyrrole nitrogens is 1. The molecular formula is C20H20N6O2. The number of rotatable bonds is 4. The van der Waals surface area contributed by atoms with Gasteiger partial charge in [-0.2, -0.15) is 0 Å². The molecule has 28 heavy (non-hydrogen) atoms. The molecule has 2 aromatic heterocycles. The Bertz CT molecular complexity index is 1020. The Morgan fingerprint density at radius 2 is 2.04 bits per heavy atom. The molecule has 0 unspecified atom stereocenters. The van der Waals surface area contributed by atoms with E-state index in [1.165, 1.54) is 0 Å². The van der Waals surface area contributed by atoms with Crippen molar-refractivity contribution in [3.05, 3.63) is 54.3 Å². The summed E-state index contributed by atoms with van der Waals surface area (Å²) in [7, 11) is 0. The van der Waals surface area contributed by atoms with Crippen molar-refractivity contribution in [1.29, 1.82) is 0 Å². The van der Waals surface area contributed by atoms with Crippen molar-refractivity contribution < 1.29 is 9.53 Å². The smallest absolute Gasteiger partial charge is 0.289 e. The van der Waals surface area contributed by atoms with Crippen LogP contribution in [-0.4, -0.2) is 63.0 Å². The minimum Gasteiger partial charge on any atom is -0.469 e. The highest BCUT2D eigenvalue weighted by molar-refractivity contribution is 5.94. The van der Waals surface area contributed by atoms with E-state index in [0.29, 0.717) is 24.8 Å². The molecule has 8 nitrogen and oxygen atoms in total. The first-order valence-electron chi connectivity index (χ1n) is 9.40. The molecule has 2 N–H and O–H groups in total. The number of hydrogen-bond acceptors (Lipinski definition) is 6. The number of fused-ring (bicyclic) bond motifs is 1. The minimum atomic E-state index is -0.116. The zero-order valence-electron chi connectivity index (χ0n) is 15.3. The summed E-state index contributed by atoms with van der Waals surface area (Å²) >= 11 is 0. The first-order chi connectivity index (χ1) is 13.8. The molecule has 8 heteroatoms. The quantitative estimate of drug-likeness (QED) is 0.719. The normalized spacial score (nSPS) is 17.3. The van der Waals surface area contributed by atoms with Crippen LogP contribution in [-0.2, 0) is 0 Å². The molecule has 2 aliphatic heterocycles. The van der Waals surface area contributed by atoms with Gasteiger partial charge >= 0.3 is 0 Å². The van der Waals surface area contributed by atoms with E-state index in [1.54, 1.807) is 17.3 Å². The highest BCUT2D eigenvalue weighted by Crippen LogP contribution is 2.26. The molecule has 5 rings (SSSR count). The van der Waals surface area contributed by atoms with E-state index in [9.17, 15) is 4.79 Å². The molecule has 0 atom stereocenters. The number of imidazole rings is 1. The maximum Gasteiger partial charge on any atom is 0.289 e. The molecule has 142 valence electrons. The Balaban J connectivity index is 1.25. The third-order valence-electron chi connectivity index (χ3n) is 5.00. The van der Waals surface area contributed by atoms with Gasteiger partial charge in [-0.15, -0.1) is 0 Å². The number of carbonyl (C=O) groups excluding carboxylic acids is 1. The maximum atomic E-state index is 12.6. The van der Waals surface area contributed by atoms with Crippen LogP contribution in [0.15, 0.2) is 42.7 Å². The highest BCUT2D eigenvalue weighted by atomic mass is 16.5. The predicted molar refractivity (Wildman–Crippen MR) is 104 cm³/mol. The Labute approximate surface area is 161 Å². The summed E-state index contributed by atoms with van der Waals surface area (Å²) in [6.07, 6.45) is 6.35. The number of ether oxygens (including phenoxy) is 1. The van der Waals surface area contributed by atoms with Gasteiger partial charge in [0.15, 0.2) is 5.82 Å². The van der Waals surface area contributed by atoms with Crippen LogP contribution in [0.25, 0.3) is 16.6 Å². The molecule has 0 saturated carbocycles. The van der Waals surface area contributed by atoms with Gasteiger partial charge in [-0.05, 0) is 30.7 Å². The topological polar surface area (TPSA) is 96.0 Å². The molecule has 2 aliphatic rings. The summed E-state index contributed by atoms with van der Waals surface area (Å²) in [5.41, 5.74) is 3.52. The van der Waals surface area contributed by atoms with Crippen LogP contribution < -0.4 is 10.1 Å². The third kappa shape index (κ3) is 3.11. The summed E-state index contributed by atoms with van der Waals surface area (Å²) < 4.78 is 6.04. The van der Waals surface area contributed by atoms with E-state index in [0.717, 1.165) is 41.8 Å². The lowest BCUT2D eigenvalue weighted by Crippen LogP contribution is -2.56. The fraction of sp³-hybridized carbons (Fsp3) is 0.300. The van der Waals surface area contributed by atoms with Gasteiger partial charge in [0.25, 0.3) is 5.91 Å². The second-order valence-corrected chi connectivity index (χ2v) is 6.96. The Kier molecular flexibility index (Phi) is 4.25. The number of aromatic nitrogens is 4. The molecule has 1 saturated heterocycles. The van der Waals surface area contributed by atoms with Gasteiger partial charge in [0.1, 0.15) is 11.8 Å². The Morgan fingerprint density at radius 3 is 2.86 bits per heavy atom. The molecule has 1 fully saturated rings. The fourth-order valence-corrected chi connectivity index (χ4v) is 3.50. The number of nitrogens with zero attached hydrogens (tertiary/aromatic N) is 4. The van der Waals surface area contributed by atoms with Gasteiger partial charge < -0.3 is 19.9 Å². The van der Waals surface area contributed by atoms with Crippen LogP contribution in [0.1, 0.15) is 22.7 Å². The summed E-state index contributed by atoms with van der Waals surface area (Å²) in [6.45, 7) is 2.74. The van der Waals surface area contributed by atoms with Gasteiger partial charge in [0.05, 0.1) is 24.1 Å². The van der Waals surface area contributed by atoms with Crippen molar-refractivity contribution in [2.24, 2.45) is 0 Å². The number of benzene rings is 1. The molecule has 0 radical (unpaired) electrons. The highest BCUT2D eigenvalue weighted by Gasteiger charge is 2.35. The van der Waals surface area contributed by atoms with Crippen LogP contribution in [0, 0.1) is 0 Å². The van der Waals surface area contributed by atoms with Gasteiger partial charge in [-0.1, -0.05) is 18.2 Å². The maximum absolute atomic E-state index is 12.6. The van der Waals surface area contributed by atoms with Crippen LogP contribution in [0.2, 0.25) is 0 Å². The average molecular weight is 376 g/mol. The van der Waals surface area contributed by atoms with Gasteiger partial charge in [-0.25, -0.2) is 15.0 Å². The van der Waals surface area contributed by atoms with E-state index in [4.69, 9.17) is 4.74 Å². The number of likely N-dealkylation sites (tertiary alicyclic amines) is 1. The lowest BCUT2D eigenvalue weighted by molar-refractivity contribution is 0.0149. The van der Waals surface area contributed by atoms with Gasteiger partial charge in [0.2, 0.25) is 5.88 Å². The molecule has 1 amide bonds. The van der Waals surface area contributed by atoms with Crippen LogP contribution in [0.3, 0.4) is 0 Å². The van der Waals surface area contributed by atoms with E-state index >= 15 is 0 Å². The number of hydrogen-bond donors (Lipinski definition) is 2. The van der Waals surface area contributed by atoms with Crippen molar-refractivity contribution in [1.82, 2.24) is 30.2 Å². The molecule has 0 spiro atoms. The molecule has 4 heterocycles. The number of carbonyl (C=O) groups is 1. The molecular weight excluding hydrogens is 356 g/mol. The van der Waals surface area contributed by atoms with Crippen molar-refractivity contribution in [2.45, 2.75) is 12.5 Å². The number of para-hydroxylation sites is 2. The summed E-state index contributed by atoms with van der Waals surface area (Å²) in [5.74, 6) is 0.770. The molecule has 0 bridgehead atoms. The van der Waals surface area contributed by atoms with Crippen LogP contribution >= 0.6 is 0 Å². The van der Waals surface area contributed by atoms with Crippen molar-refractivity contribution in [2.75, 3.05) is 26.2 Å². The molecule has 1 aromatic carbocycles. The zero-order valence-corrected chi connectivity index (χ0v) is 15.3. The second-order valence-electron chi connectivity index (χ2n) is 6.96. The van der Waals surface area contributed by atoms with Crippen molar-refractivity contribution in [3.63, 3.8) is 0 Å². The fourth-order valence-electron chi connectivity index (χ4n) is 3.50. The lowest BCUT2D eigenvalue weighted by atomic mass is 10.1. The zero-order chi connectivity index (χ0) is 18.9. The van der Waals surface area contributed by atoms with Crippen LogP contribution in [0.5, 0.6) is 5.88 Å². The van der Waals surface area contributed by atoms with Crippen LogP contribution in [0.4, 0.5) is 0 Å². The lowest BCUT2D eigenvalue weighted by Gasteiger charge is -2.38. The van der Waals surface area contributed by atoms with E-state index in [-0.39, 0.29) is 12.0 Å². The number of amides is 1. The van der Waals surface area contributed by atoms with Gasteiger partial charge in [-0.3, -0.25) is 4.79 Å². The van der Waals surface area contributed by atoms with Gasteiger partial charge in [0, 0.05) is 18.9 Å². The van der Waals surface area contributed by atoms with Crippen molar-refractivity contribution >= 4 is 22.5 Å². The van der Waals surface area contributed by atoms with E-state index in [1.807, 2.05) is 24.3 Å². The largest absolute Gasteiger partial charge is 0.469 e. The first kappa shape index (κ1) is 16.9. The Hall–Kier alpha value is -3.26. The first-order valence-corrected chi connectivity index (χ1v) is 9.40. The predicted octanol–water partition coefficient (Wildman–Crippen LogP) is 1.63. The molecule has 0 aliphatic carbocycles. The third-order valence-corrected chi connectivity index (χ3v) is 5.00. The van der Waals surface area contributed by atoms with E-state index in [2.05, 4.69) is 31.3 Å². The second kappa shape index (κ2) is 7.05. The summed E-state index contributed by atoms with van der Waals surface area (Å²) in [6, 6.07) is 7.61. The monoisotopic (exact) mass is 376 g/mol. The summed E-state index contributed by atoms with van der Waals surface area (Å²) in [4.78, 5) is 30.6.